The lowest BCUT2D eigenvalue weighted by Crippen LogP contribution is -2.23. The summed E-state index contributed by atoms with van der Waals surface area (Å²) in [4.78, 5) is 18.1. The van der Waals surface area contributed by atoms with Crippen molar-refractivity contribution in [3.8, 4) is 22.8 Å². The molecular formula is C26H25N3O5S. The summed E-state index contributed by atoms with van der Waals surface area (Å²) in [7, 11) is 2.07. The van der Waals surface area contributed by atoms with E-state index in [0.29, 0.717) is 27.8 Å². The number of rotatable bonds is 7. The predicted octanol–water partition coefficient (Wildman–Crippen LogP) is 4.42. The van der Waals surface area contributed by atoms with E-state index in [0.717, 1.165) is 15.6 Å². The fourth-order valence-electron chi connectivity index (χ4n) is 3.62. The number of para-hydroxylation sites is 1. The molecule has 0 aliphatic carbocycles. The second-order valence-corrected chi connectivity index (χ2v) is 10.0. The van der Waals surface area contributed by atoms with Crippen molar-refractivity contribution < 1.29 is 22.7 Å². The molecule has 35 heavy (non-hydrogen) atoms. The summed E-state index contributed by atoms with van der Waals surface area (Å²) >= 11 is 0. The normalized spacial score (nSPS) is 11.5. The van der Waals surface area contributed by atoms with Crippen molar-refractivity contribution in [1.29, 1.82) is 0 Å². The zero-order valence-corrected chi connectivity index (χ0v) is 20.6. The zero-order valence-electron chi connectivity index (χ0n) is 19.8. The van der Waals surface area contributed by atoms with Crippen LogP contribution in [0.5, 0.6) is 11.5 Å². The Hall–Kier alpha value is -3.95. The van der Waals surface area contributed by atoms with Crippen molar-refractivity contribution in [3.63, 3.8) is 0 Å². The zero-order chi connectivity index (χ0) is 25.2. The maximum atomic E-state index is 13.4. The Kier molecular flexibility index (Phi) is 6.72. The summed E-state index contributed by atoms with van der Waals surface area (Å²) in [6.45, 7) is 0. The molecule has 4 aromatic rings. The molecule has 0 aliphatic rings. The van der Waals surface area contributed by atoms with E-state index < -0.39 is 15.9 Å². The van der Waals surface area contributed by atoms with Gasteiger partial charge in [-0.2, -0.15) is 0 Å². The van der Waals surface area contributed by atoms with E-state index in [1.165, 1.54) is 33.3 Å². The Morgan fingerprint density at radius 2 is 1.63 bits per heavy atom. The number of benzene rings is 3. The fourth-order valence-corrected chi connectivity index (χ4v) is 4.70. The van der Waals surface area contributed by atoms with Gasteiger partial charge in [-0.1, -0.05) is 18.2 Å². The van der Waals surface area contributed by atoms with Crippen LogP contribution < -0.4 is 14.8 Å². The van der Waals surface area contributed by atoms with Gasteiger partial charge >= 0.3 is 0 Å². The Bertz CT molecular complexity index is 1500. The molecule has 180 valence electrons. The molecule has 1 amide bonds. The van der Waals surface area contributed by atoms with Gasteiger partial charge in [-0.05, 0) is 54.6 Å². The second kappa shape index (κ2) is 9.73. The van der Waals surface area contributed by atoms with E-state index in [2.05, 4.69) is 5.32 Å². The quantitative estimate of drug-likeness (QED) is 0.411. The summed E-state index contributed by atoms with van der Waals surface area (Å²) in [5, 5.41) is 3.50. The molecule has 8 nitrogen and oxygen atoms in total. The molecule has 4 rings (SSSR count). The van der Waals surface area contributed by atoms with Crippen LogP contribution in [-0.2, 0) is 10.0 Å². The molecule has 1 aromatic heterocycles. The number of hydrogen-bond acceptors (Lipinski definition) is 6. The van der Waals surface area contributed by atoms with Gasteiger partial charge in [0.2, 0.25) is 10.0 Å². The summed E-state index contributed by atoms with van der Waals surface area (Å²) in [5.74, 6) is 0.514. The molecule has 0 radical (unpaired) electrons. The fraction of sp³-hybridized carbons (Fsp3) is 0.154. The number of fused-ring (bicyclic) bond motifs is 1. The topological polar surface area (TPSA) is 97.8 Å². The predicted molar refractivity (Wildman–Crippen MR) is 136 cm³/mol. The second-order valence-electron chi connectivity index (χ2n) is 7.91. The number of hydrogen-bond donors (Lipinski definition) is 1. The number of methoxy groups -OCH3 is 2. The monoisotopic (exact) mass is 491 g/mol. The minimum Gasteiger partial charge on any atom is -0.497 e. The highest BCUT2D eigenvalue weighted by atomic mass is 32.2. The molecule has 0 atom stereocenters. The minimum atomic E-state index is -3.79. The summed E-state index contributed by atoms with van der Waals surface area (Å²) in [6, 6.07) is 21.0. The van der Waals surface area contributed by atoms with Crippen LogP contribution in [0.25, 0.3) is 22.2 Å². The molecule has 3 aromatic carbocycles. The van der Waals surface area contributed by atoms with Gasteiger partial charge in [0.25, 0.3) is 5.91 Å². The van der Waals surface area contributed by atoms with Crippen LogP contribution in [0.15, 0.2) is 77.7 Å². The van der Waals surface area contributed by atoms with Crippen molar-refractivity contribution in [3.05, 3.63) is 78.4 Å². The summed E-state index contributed by atoms with van der Waals surface area (Å²) < 4.78 is 37.1. The van der Waals surface area contributed by atoms with Gasteiger partial charge in [0.05, 0.1) is 31.0 Å². The first-order valence-electron chi connectivity index (χ1n) is 10.7. The first kappa shape index (κ1) is 24.2. The van der Waals surface area contributed by atoms with Crippen LogP contribution in [0.1, 0.15) is 10.4 Å². The van der Waals surface area contributed by atoms with Crippen LogP contribution in [0, 0.1) is 0 Å². The Labute approximate surface area is 204 Å². The molecule has 0 saturated carbocycles. The van der Waals surface area contributed by atoms with Gasteiger partial charge in [-0.3, -0.25) is 4.79 Å². The molecule has 0 aliphatic heterocycles. The third-order valence-corrected chi connectivity index (χ3v) is 7.36. The first-order valence-corrected chi connectivity index (χ1v) is 12.1. The van der Waals surface area contributed by atoms with E-state index in [1.807, 2.05) is 48.5 Å². The number of nitrogens with one attached hydrogen (secondary N) is 1. The van der Waals surface area contributed by atoms with E-state index in [9.17, 15) is 13.2 Å². The van der Waals surface area contributed by atoms with Crippen molar-refractivity contribution >= 4 is 32.5 Å². The highest BCUT2D eigenvalue weighted by Gasteiger charge is 2.23. The molecule has 0 bridgehead atoms. The number of sulfonamides is 1. The highest BCUT2D eigenvalue weighted by Crippen LogP contribution is 2.30. The molecule has 1 heterocycles. The molecule has 0 fully saturated rings. The van der Waals surface area contributed by atoms with Crippen LogP contribution in [0.2, 0.25) is 0 Å². The first-order chi connectivity index (χ1) is 16.7. The maximum Gasteiger partial charge on any atom is 0.256 e. The van der Waals surface area contributed by atoms with Crippen LogP contribution in [0.4, 0.5) is 5.69 Å². The van der Waals surface area contributed by atoms with Gasteiger partial charge in [0.1, 0.15) is 16.4 Å². The lowest BCUT2D eigenvalue weighted by atomic mass is 10.0. The van der Waals surface area contributed by atoms with E-state index in [-0.39, 0.29) is 10.6 Å². The van der Waals surface area contributed by atoms with E-state index >= 15 is 0 Å². The van der Waals surface area contributed by atoms with Crippen molar-refractivity contribution in [2.45, 2.75) is 4.90 Å². The lowest BCUT2D eigenvalue weighted by Gasteiger charge is -2.16. The van der Waals surface area contributed by atoms with Gasteiger partial charge in [0, 0.05) is 30.7 Å². The standard InChI is InChI=1S/C26H25N3O5S/c1-29(2)35(31,32)25-15-18(11-14-24(25)34-4)27-26(30)21-16-23(17-9-12-19(33-3)13-10-17)28-22-8-6-5-7-20(21)22/h5-16H,1-4H3,(H,27,30). The number of anilines is 1. The smallest absolute Gasteiger partial charge is 0.256 e. The third-order valence-electron chi connectivity index (χ3n) is 5.53. The Balaban J connectivity index is 1.76. The Morgan fingerprint density at radius 1 is 0.914 bits per heavy atom. The summed E-state index contributed by atoms with van der Waals surface area (Å²) in [6.07, 6.45) is 0. The molecule has 1 N–H and O–H groups in total. The van der Waals surface area contributed by atoms with Gasteiger partial charge in [-0.25, -0.2) is 17.7 Å². The van der Waals surface area contributed by atoms with Gasteiger partial charge < -0.3 is 14.8 Å². The minimum absolute atomic E-state index is 0.0405. The lowest BCUT2D eigenvalue weighted by molar-refractivity contribution is 0.102. The number of carbonyl (C=O) groups excluding carboxylic acids is 1. The highest BCUT2D eigenvalue weighted by molar-refractivity contribution is 7.89. The average Bonchev–Trinajstić information content (AvgIpc) is 2.87. The van der Waals surface area contributed by atoms with Crippen molar-refractivity contribution in [1.82, 2.24) is 9.29 Å². The Morgan fingerprint density at radius 3 is 2.29 bits per heavy atom. The van der Waals surface area contributed by atoms with E-state index in [4.69, 9.17) is 14.5 Å². The average molecular weight is 492 g/mol. The third kappa shape index (κ3) is 4.82. The number of aromatic nitrogens is 1. The van der Waals surface area contributed by atoms with Crippen LogP contribution in [0.3, 0.4) is 0 Å². The number of nitrogens with zero attached hydrogens (tertiary/aromatic N) is 2. The van der Waals surface area contributed by atoms with Crippen LogP contribution >= 0.6 is 0 Å². The van der Waals surface area contributed by atoms with E-state index in [1.54, 1.807) is 19.2 Å². The van der Waals surface area contributed by atoms with Crippen molar-refractivity contribution in [2.75, 3.05) is 33.6 Å². The molecule has 0 unspecified atom stereocenters. The van der Waals surface area contributed by atoms with Gasteiger partial charge in [-0.15, -0.1) is 0 Å². The molecule has 9 heteroatoms. The number of carbonyl (C=O) groups is 1. The summed E-state index contributed by atoms with van der Waals surface area (Å²) in [5.41, 5.74) is 2.85. The number of ether oxygens (including phenoxy) is 2. The van der Waals surface area contributed by atoms with Gasteiger partial charge in [0.15, 0.2) is 0 Å². The van der Waals surface area contributed by atoms with Crippen molar-refractivity contribution in [2.24, 2.45) is 0 Å². The molecular weight excluding hydrogens is 466 g/mol. The number of pyridine rings is 1. The van der Waals surface area contributed by atoms with Crippen LogP contribution in [-0.4, -0.2) is 51.9 Å². The molecule has 0 saturated heterocycles. The maximum absolute atomic E-state index is 13.4. The molecule has 0 spiro atoms. The largest absolute Gasteiger partial charge is 0.497 e. The number of amides is 1. The SMILES string of the molecule is COc1ccc(-c2cc(C(=O)Nc3ccc(OC)c(S(=O)(=O)N(C)C)c3)c3ccccc3n2)cc1.